The van der Waals surface area contributed by atoms with Crippen molar-refractivity contribution in [1.82, 2.24) is 5.32 Å². The van der Waals surface area contributed by atoms with E-state index in [9.17, 15) is 14.0 Å². The van der Waals surface area contributed by atoms with Gasteiger partial charge in [0.1, 0.15) is 5.83 Å². The molecule has 0 fully saturated rings. The molecular formula is C17H23FN4O2. The van der Waals surface area contributed by atoms with Gasteiger partial charge in [-0.05, 0) is 46.1 Å². The molecule has 0 aliphatic heterocycles. The molecule has 7 heteroatoms. The fraction of sp³-hybridized carbons (Fsp3) is 0.294. The maximum absolute atomic E-state index is 14.2. The normalized spacial score (nSPS) is 14.9. The van der Waals surface area contributed by atoms with Crippen LogP contribution in [0.1, 0.15) is 27.7 Å². The number of nitrogens with zero attached hydrogens (tertiary/aromatic N) is 2. The van der Waals surface area contributed by atoms with Gasteiger partial charge in [-0.15, -0.1) is 0 Å². The third kappa shape index (κ3) is 6.12. The fourth-order valence-corrected chi connectivity index (χ4v) is 1.72. The molecular weight excluding hydrogens is 311 g/mol. The summed E-state index contributed by atoms with van der Waals surface area (Å²) in [7, 11) is 1.54. The van der Waals surface area contributed by atoms with Gasteiger partial charge in [0, 0.05) is 23.9 Å². The van der Waals surface area contributed by atoms with Crippen LogP contribution in [0.4, 0.5) is 9.18 Å². The average molecular weight is 334 g/mol. The minimum absolute atomic E-state index is 0.185. The Bertz CT molecular complexity index is 683. The Morgan fingerprint density at radius 3 is 2.21 bits per heavy atom. The summed E-state index contributed by atoms with van der Waals surface area (Å²) in [6.45, 7) is 9.59. The molecule has 3 amide bonds. The molecule has 0 aromatic carbocycles. The van der Waals surface area contributed by atoms with Crippen LogP contribution in [0.5, 0.6) is 0 Å². The second-order valence-electron chi connectivity index (χ2n) is 4.85. The number of hydrogen-bond acceptors (Lipinski definition) is 3. The molecule has 0 aromatic heterocycles. The van der Waals surface area contributed by atoms with Gasteiger partial charge in [0.25, 0.3) is 0 Å². The summed E-state index contributed by atoms with van der Waals surface area (Å²) in [4.78, 5) is 29.8. The summed E-state index contributed by atoms with van der Waals surface area (Å²) in [5, 5.41) is 2.53. The topological polar surface area (TPSA) is 96.9 Å². The van der Waals surface area contributed by atoms with Crippen LogP contribution in [0.25, 0.3) is 0 Å². The van der Waals surface area contributed by atoms with E-state index in [1.54, 1.807) is 40.0 Å². The van der Waals surface area contributed by atoms with Crippen LogP contribution in [0.3, 0.4) is 0 Å². The third-order valence-electron chi connectivity index (χ3n) is 3.21. The smallest absolute Gasteiger partial charge is 0.344 e. The number of nitrogens with one attached hydrogen (secondary N) is 1. The number of hydrogen-bond donors (Lipinski definition) is 2. The SMILES string of the molecule is C=NC(=O)N/C(C)=C(C)/C(=N\C)C(/C=C\C)=C/C(F)=C(\C)C(N)=O. The number of amides is 3. The largest absolute Gasteiger partial charge is 0.366 e. The molecule has 0 aromatic rings. The highest BCUT2D eigenvalue weighted by atomic mass is 19.1. The van der Waals surface area contributed by atoms with Crippen molar-refractivity contribution in [1.29, 1.82) is 0 Å². The number of rotatable bonds is 6. The zero-order valence-electron chi connectivity index (χ0n) is 14.6. The number of carbonyl (C=O) groups is 2. The highest BCUT2D eigenvalue weighted by Gasteiger charge is 2.13. The lowest BCUT2D eigenvalue weighted by Gasteiger charge is -2.12. The first-order valence-corrected chi connectivity index (χ1v) is 7.12. The summed E-state index contributed by atoms with van der Waals surface area (Å²) in [5.41, 5.74) is 6.89. The van der Waals surface area contributed by atoms with Crippen molar-refractivity contribution in [2.75, 3.05) is 7.05 Å². The van der Waals surface area contributed by atoms with Gasteiger partial charge in [-0.25, -0.2) is 14.2 Å². The van der Waals surface area contributed by atoms with Gasteiger partial charge in [0.05, 0.1) is 5.71 Å². The van der Waals surface area contributed by atoms with Gasteiger partial charge in [-0.3, -0.25) is 9.79 Å². The number of allylic oxidation sites excluding steroid dienone is 7. The third-order valence-corrected chi connectivity index (χ3v) is 3.21. The Hall–Kier alpha value is -2.83. The molecule has 0 saturated carbocycles. The summed E-state index contributed by atoms with van der Waals surface area (Å²) in [5.74, 6) is -1.59. The Morgan fingerprint density at radius 2 is 1.79 bits per heavy atom. The van der Waals surface area contributed by atoms with E-state index >= 15 is 0 Å². The minimum atomic E-state index is -0.841. The molecule has 0 rings (SSSR count). The van der Waals surface area contributed by atoms with Crippen molar-refractivity contribution in [2.45, 2.75) is 27.7 Å². The number of halogens is 1. The average Bonchev–Trinajstić information content (AvgIpc) is 2.54. The van der Waals surface area contributed by atoms with Gasteiger partial charge in [0.15, 0.2) is 0 Å². The van der Waals surface area contributed by atoms with Crippen molar-refractivity contribution >= 4 is 24.4 Å². The highest BCUT2D eigenvalue weighted by Crippen LogP contribution is 2.17. The van der Waals surface area contributed by atoms with E-state index in [1.165, 1.54) is 13.0 Å². The van der Waals surface area contributed by atoms with Crippen LogP contribution in [-0.4, -0.2) is 31.4 Å². The van der Waals surface area contributed by atoms with E-state index in [1.807, 2.05) is 0 Å². The van der Waals surface area contributed by atoms with Crippen molar-refractivity contribution in [2.24, 2.45) is 15.7 Å². The van der Waals surface area contributed by atoms with Gasteiger partial charge in [0.2, 0.25) is 5.91 Å². The van der Waals surface area contributed by atoms with E-state index in [-0.39, 0.29) is 5.57 Å². The van der Waals surface area contributed by atoms with E-state index in [0.717, 1.165) is 0 Å². The van der Waals surface area contributed by atoms with Crippen molar-refractivity contribution in [3.8, 4) is 0 Å². The summed E-state index contributed by atoms with van der Waals surface area (Å²) in [6.07, 6.45) is 4.52. The van der Waals surface area contributed by atoms with E-state index in [0.29, 0.717) is 22.6 Å². The Balaban J connectivity index is 6.09. The second kappa shape index (κ2) is 10.0. The zero-order valence-corrected chi connectivity index (χ0v) is 14.6. The fourth-order valence-electron chi connectivity index (χ4n) is 1.72. The van der Waals surface area contributed by atoms with Gasteiger partial charge >= 0.3 is 6.03 Å². The van der Waals surface area contributed by atoms with Crippen LogP contribution in [0.15, 0.2) is 56.5 Å². The lowest BCUT2D eigenvalue weighted by molar-refractivity contribution is -0.114. The summed E-state index contributed by atoms with van der Waals surface area (Å²) >= 11 is 0. The molecule has 0 bridgehead atoms. The molecule has 0 aliphatic rings. The molecule has 0 spiro atoms. The number of carbonyl (C=O) groups excluding carboxylic acids is 2. The predicted molar refractivity (Wildman–Crippen MR) is 95.7 cm³/mol. The Labute approximate surface area is 141 Å². The van der Waals surface area contributed by atoms with Crippen LogP contribution in [-0.2, 0) is 4.79 Å². The molecule has 0 atom stereocenters. The van der Waals surface area contributed by atoms with Crippen molar-refractivity contribution < 1.29 is 14.0 Å². The first-order valence-electron chi connectivity index (χ1n) is 7.12. The summed E-state index contributed by atoms with van der Waals surface area (Å²) in [6, 6.07) is -0.602. The number of urea groups is 1. The molecule has 0 heterocycles. The van der Waals surface area contributed by atoms with Crippen LogP contribution < -0.4 is 11.1 Å². The molecule has 0 unspecified atom stereocenters. The molecule has 0 aliphatic carbocycles. The lowest BCUT2D eigenvalue weighted by Crippen LogP contribution is -2.20. The standard InChI is InChI=1S/C17H23FN4O2/c1-7-8-13(9-14(18)11(3)16(19)23)15(20-5)10(2)12(4)22-17(24)21-6/h7-9H,6H2,1-5H3,(H2,19,23)(H,22,24)/b8-7-,12-10+,13-9+,14-11-,20-15+. The molecule has 0 radical (unpaired) electrons. The molecule has 0 saturated heterocycles. The first-order chi connectivity index (χ1) is 11.2. The van der Waals surface area contributed by atoms with Crippen molar-refractivity contribution in [3.05, 3.63) is 46.5 Å². The molecule has 6 nitrogen and oxygen atoms in total. The quantitative estimate of drug-likeness (QED) is 0.443. The first kappa shape index (κ1) is 21.2. The second-order valence-corrected chi connectivity index (χ2v) is 4.85. The van der Waals surface area contributed by atoms with E-state index < -0.39 is 17.8 Å². The molecule has 24 heavy (non-hydrogen) atoms. The van der Waals surface area contributed by atoms with Crippen LogP contribution in [0, 0.1) is 0 Å². The summed E-state index contributed by atoms with van der Waals surface area (Å²) < 4.78 is 14.2. The van der Waals surface area contributed by atoms with Gasteiger partial charge < -0.3 is 11.1 Å². The van der Waals surface area contributed by atoms with Crippen molar-refractivity contribution in [3.63, 3.8) is 0 Å². The van der Waals surface area contributed by atoms with E-state index in [2.05, 4.69) is 22.0 Å². The highest BCUT2D eigenvalue weighted by molar-refractivity contribution is 6.14. The zero-order chi connectivity index (χ0) is 18.9. The number of aliphatic imine (C=N–C) groups is 2. The molecule has 130 valence electrons. The molecule has 3 N–H and O–H groups in total. The van der Waals surface area contributed by atoms with Crippen LogP contribution in [0.2, 0.25) is 0 Å². The Kier molecular flexibility index (Phi) is 8.86. The maximum Gasteiger partial charge on any atom is 0.344 e. The monoisotopic (exact) mass is 334 g/mol. The lowest BCUT2D eigenvalue weighted by atomic mass is 10.00. The van der Waals surface area contributed by atoms with E-state index in [4.69, 9.17) is 5.73 Å². The van der Waals surface area contributed by atoms with Gasteiger partial charge in [-0.1, -0.05) is 12.2 Å². The predicted octanol–water partition coefficient (Wildman–Crippen LogP) is 2.99. The minimum Gasteiger partial charge on any atom is -0.366 e. The Morgan fingerprint density at radius 1 is 1.21 bits per heavy atom. The van der Waals surface area contributed by atoms with Crippen LogP contribution >= 0.6 is 0 Å². The number of nitrogens with two attached hydrogens (primary N) is 1. The van der Waals surface area contributed by atoms with Gasteiger partial charge in [-0.2, -0.15) is 0 Å². The maximum atomic E-state index is 14.2. The number of primary amides is 1.